The number of Topliss-reactive ketones (excluding diaryl/α,β-unsaturated/α-hetero) is 3. The number of piperazine rings is 1. The second kappa shape index (κ2) is 34.6. The number of aromatic nitrogens is 4. The summed E-state index contributed by atoms with van der Waals surface area (Å²) in [5, 5.41) is 17.1. The van der Waals surface area contributed by atoms with Gasteiger partial charge in [0, 0.05) is 211 Å². The molecule has 1 unspecified atom stereocenters. The van der Waals surface area contributed by atoms with Crippen molar-refractivity contribution in [3.8, 4) is 6.07 Å². The highest BCUT2D eigenvalue weighted by Crippen LogP contribution is 2.36. The molecule has 0 saturated carbocycles. The SMILES string of the molecule is C=CC(=O)N1CC(CC(=O)Cn2c(C)c(C(=O)N3CCN(c4ccc(C#N)cn4)CC3C)c3cc(Br)ccc32)C1.C=CC(=O)N1CC(CC(=O)Cn2cc(C(=O)N3CCc4c(Br)cc(C)cc4C3)c3cc(Br)cc(C)c32)C1.C=CC(=O)N1CC(CC(=O)Cn2cc(C(=O)NCCN3CCNC3=O)c3cc(Br)ccc32)C1. The molecule has 572 valence electrons. The minimum absolute atomic E-state index is 0.0189. The van der Waals surface area contributed by atoms with Gasteiger partial charge in [0.15, 0.2) is 17.3 Å². The van der Waals surface area contributed by atoms with Crippen molar-refractivity contribution in [3.05, 3.63) is 197 Å². The van der Waals surface area contributed by atoms with Gasteiger partial charge in [-0.05, 0) is 141 Å². The molecule has 1 atom stereocenters. The average Bonchev–Trinajstić information content (AvgIpc) is 1.61. The third-order valence-electron chi connectivity index (χ3n) is 21.3. The topological polar surface area (TPSA) is 269 Å². The molecule has 14 rings (SSSR count). The van der Waals surface area contributed by atoms with Crippen molar-refractivity contribution in [3.63, 3.8) is 0 Å². The normalized spacial score (nSPS) is 16.3. The number of aryl methyl sites for hydroxylation is 2. The van der Waals surface area contributed by atoms with E-state index < -0.39 is 0 Å². The Kier molecular flexibility index (Phi) is 25.1. The number of halogens is 4. The largest absolute Gasteiger partial charge is 0.353 e. The summed E-state index contributed by atoms with van der Waals surface area (Å²) < 4.78 is 9.39. The Morgan fingerprint density at radius 3 is 1.78 bits per heavy atom. The van der Waals surface area contributed by atoms with Crippen molar-refractivity contribution in [1.29, 1.82) is 5.26 Å². The summed E-state index contributed by atoms with van der Waals surface area (Å²) in [7, 11) is 0. The summed E-state index contributed by atoms with van der Waals surface area (Å²) in [5.41, 5.74) is 10.2. The fourth-order valence-electron chi connectivity index (χ4n) is 15.7. The molecular formula is C82H86Br4N14O10. The molecule has 4 aromatic heterocycles. The summed E-state index contributed by atoms with van der Waals surface area (Å²) >= 11 is 14.3. The van der Waals surface area contributed by atoms with Gasteiger partial charge in [-0.15, -0.1) is 0 Å². The second-order valence-corrected chi connectivity index (χ2v) is 32.7. The van der Waals surface area contributed by atoms with Crippen molar-refractivity contribution in [1.82, 2.24) is 58.7 Å². The van der Waals surface area contributed by atoms with E-state index in [2.05, 4.69) is 129 Å². The van der Waals surface area contributed by atoms with Gasteiger partial charge in [0.2, 0.25) is 17.7 Å². The maximum atomic E-state index is 14.0. The van der Waals surface area contributed by atoms with Crippen LogP contribution in [0.3, 0.4) is 0 Å². The third-order valence-corrected chi connectivity index (χ3v) is 23.4. The quantitative estimate of drug-likeness (QED) is 0.0598. The Hall–Kier alpha value is -9.82. The molecule has 0 radical (unpaired) electrons. The molecule has 2 N–H and O–H groups in total. The van der Waals surface area contributed by atoms with Crippen LogP contribution in [0, 0.1) is 49.9 Å². The predicted molar refractivity (Wildman–Crippen MR) is 434 cm³/mol. The van der Waals surface area contributed by atoms with E-state index in [0.29, 0.717) is 140 Å². The monoisotopic (exact) mass is 1740 g/mol. The van der Waals surface area contributed by atoms with Crippen LogP contribution >= 0.6 is 63.7 Å². The van der Waals surface area contributed by atoms with Crippen molar-refractivity contribution in [2.45, 2.75) is 85.6 Å². The van der Waals surface area contributed by atoms with Gasteiger partial charge in [-0.25, -0.2) is 9.78 Å². The summed E-state index contributed by atoms with van der Waals surface area (Å²) in [6.07, 6.45) is 11.0. The van der Waals surface area contributed by atoms with Gasteiger partial charge >= 0.3 is 6.03 Å². The standard InChI is InChI=1S/C30H31BrN6O3.C29H29Br2N3O3.C23H26BrN5O4/c1-4-28(39)35-16-22(17-35)11-24(38)18-37-20(3)29(25-12-23(31)6-7-26(25)37)30(40)36-10-9-34(15-19(36)2)27-8-5-21(13-32)14-33-27;1-4-27(36)33-12-19(13-33)10-22(35)15-34-16-25(24-11-21(30)9-18(3)28(24)34)29(37)32-6-5-23-20(14-32)7-17(2)8-26(23)31;1-2-21(31)29-11-15(12-29)9-17(30)13-28-14-19(18-10-16(24)3-4-20(18)28)22(32)25-5-7-27-8-6-26-23(27)33/h4-8,12,14,19,22H,1,9-11,15-18H2,2-3H3;4,7-9,11,16,19H,1,5-6,10,12-15H2,2-3H3;2-4,10,14-15H,1,5-9,11-13H2,(H,25,32)(H,26,33). The molecular weight excluding hydrogens is 1660 g/mol. The first-order valence-electron chi connectivity index (χ1n) is 36.6. The molecule has 110 heavy (non-hydrogen) atoms. The molecule has 0 spiro atoms. The Morgan fingerprint density at radius 2 is 1.21 bits per heavy atom. The van der Waals surface area contributed by atoms with Crippen molar-refractivity contribution in [2.24, 2.45) is 17.8 Å². The van der Waals surface area contributed by atoms with Crippen LogP contribution in [0.5, 0.6) is 0 Å². The Balaban J connectivity index is 0.000000154. The lowest BCUT2D eigenvalue weighted by Gasteiger charge is -2.40. The lowest BCUT2D eigenvalue weighted by atomic mass is 9.94. The molecule has 10 heterocycles. The van der Waals surface area contributed by atoms with Gasteiger partial charge in [0.25, 0.3) is 17.7 Å². The maximum Gasteiger partial charge on any atom is 0.317 e. The molecule has 0 bridgehead atoms. The maximum absolute atomic E-state index is 14.0. The second-order valence-electron chi connectivity index (χ2n) is 29.1. The number of carbonyl (C=O) groups is 10. The zero-order valence-electron chi connectivity index (χ0n) is 61.8. The molecule has 6 aliphatic rings. The van der Waals surface area contributed by atoms with Crippen LogP contribution in [-0.4, -0.2) is 205 Å². The number of nitrogens with one attached hydrogen (secondary N) is 2. The summed E-state index contributed by atoms with van der Waals surface area (Å²) in [6, 6.07) is 25.2. The number of pyridine rings is 1. The minimum Gasteiger partial charge on any atom is -0.353 e. The molecule has 8 amide bonds. The summed E-state index contributed by atoms with van der Waals surface area (Å²) in [4.78, 5) is 143. The number of likely N-dealkylation sites (tertiary alicyclic amines) is 3. The van der Waals surface area contributed by atoms with Crippen LogP contribution in [0.2, 0.25) is 0 Å². The highest BCUT2D eigenvalue weighted by Gasteiger charge is 2.37. The molecule has 8 aromatic rings. The van der Waals surface area contributed by atoms with Crippen LogP contribution in [0.1, 0.15) is 90.8 Å². The van der Waals surface area contributed by atoms with Crippen molar-refractivity contribution < 1.29 is 47.9 Å². The molecule has 5 fully saturated rings. The fraction of sp³-hybridized carbons (Fsp3) is 0.366. The molecule has 6 aliphatic heterocycles. The van der Waals surface area contributed by atoms with E-state index in [4.69, 9.17) is 5.26 Å². The van der Waals surface area contributed by atoms with Gasteiger partial charge < -0.3 is 58.6 Å². The van der Waals surface area contributed by atoms with Gasteiger partial charge in [-0.2, -0.15) is 5.26 Å². The van der Waals surface area contributed by atoms with Gasteiger partial charge in [-0.1, -0.05) is 89.5 Å². The zero-order chi connectivity index (χ0) is 78.5. The van der Waals surface area contributed by atoms with E-state index in [9.17, 15) is 47.9 Å². The number of ketones is 3. The molecule has 24 nitrogen and oxygen atoms in total. The number of nitrogens with zero attached hydrogens (tertiary/aromatic N) is 12. The number of nitriles is 1. The van der Waals surface area contributed by atoms with Crippen molar-refractivity contribution >= 4 is 161 Å². The van der Waals surface area contributed by atoms with Gasteiger partial charge in [0.1, 0.15) is 11.9 Å². The van der Waals surface area contributed by atoms with Gasteiger partial charge in [0.05, 0.1) is 47.4 Å². The lowest BCUT2D eigenvalue weighted by Crippen LogP contribution is -2.54. The summed E-state index contributed by atoms with van der Waals surface area (Å²) in [5.74, 6) is 0.872. The zero-order valence-corrected chi connectivity index (χ0v) is 68.2. The fourth-order valence-corrected chi connectivity index (χ4v) is 17.8. The highest BCUT2D eigenvalue weighted by atomic mass is 79.9. The summed E-state index contributed by atoms with van der Waals surface area (Å²) in [6.45, 7) is 27.5. The molecule has 28 heteroatoms. The van der Waals surface area contributed by atoms with E-state index in [1.54, 1.807) is 42.6 Å². The predicted octanol–water partition coefficient (Wildman–Crippen LogP) is 11.3. The number of benzene rings is 4. The van der Waals surface area contributed by atoms with E-state index >= 15 is 0 Å². The van der Waals surface area contributed by atoms with Crippen LogP contribution < -0.4 is 15.5 Å². The van der Waals surface area contributed by atoms with Crippen LogP contribution in [-0.2, 0) is 61.4 Å². The number of hydrogen-bond acceptors (Lipinski definition) is 13. The number of carbonyl (C=O) groups excluding carboxylic acids is 10. The van der Waals surface area contributed by atoms with E-state index in [1.807, 2.05) is 100 Å². The van der Waals surface area contributed by atoms with Crippen LogP contribution in [0.4, 0.5) is 10.6 Å². The van der Waals surface area contributed by atoms with Crippen molar-refractivity contribution in [2.75, 3.05) is 96.5 Å². The van der Waals surface area contributed by atoms with E-state index in [0.717, 1.165) is 79.7 Å². The number of fused-ring (bicyclic) bond motifs is 4. The molecule has 5 saturated heterocycles. The Labute approximate surface area is 671 Å². The van der Waals surface area contributed by atoms with Crippen LogP contribution in [0.15, 0.2) is 147 Å². The first-order chi connectivity index (χ1) is 52.7. The smallest absolute Gasteiger partial charge is 0.317 e. The Morgan fingerprint density at radius 1 is 0.627 bits per heavy atom. The lowest BCUT2D eigenvalue weighted by molar-refractivity contribution is -0.134. The highest BCUT2D eigenvalue weighted by molar-refractivity contribution is 9.11. The third kappa shape index (κ3) is 17.8. The van der Waals surface area contributed by atoms with E-state index in [-0.39, 0.29) is 102 Å². The minimum atomic E-state index is -0.249. The number of amides is 8. The average molecular weight is 1750 g/mol. The van der Waals surface area contributed by atoms with Crippen LogP contribution in [0.25, 0.3) is 32.7 Å². The molecule has 4 aromatic carbocycles. The number of rotatable bonds is 22. The first kappa shape index (κ1) is 79.7. The Bertz CT molecular complexity index is 5100. The van der Waals surface area contributed by atoms with E-state index in [1.165, 1.54) is 29.4 Å². The number of urea groups is 1. The number of anilines is 1. The van der Waals surface area contributed by atoms with Gasteiger partial charge in [-0.3, -0.25) is 43.2 Å². The molecule has 0 aliphatic carbocycles. The number of hydrogen-bond donors (Lipinski definition) is 2. The first-order valence-corrected chi connectivity index (χ1v) is 39.8.